The van der Waals surface area contributed by atoms with Crippen LogP contribution in [-0.2, 0) is 4.74 Å². The molecule has 1 aliphatic heterocycles. The van der Waals surface area contributed by atoms with Gasteiger partial charge in [0.15, 0.2) is 0 Å². The lowest BCUT2D eigenvalue weighted by atomic mass is 9.85. The highest BCUT2D eigenvalue weighted by Crippen LogP contribution is 2.31. The van der Waals surface area contributed by atoms with E-state index in [4.69, 9.17) is 4.74 Å². The average molecular weight is 395 g/mol. The van der Waals surface area contributed by atoms with Crippen LogP contribution in [0.25, 0.3) is 0 Å². The van der Waals surface area contributed by atoms with Crippen molar-refractivity contribution < 1.29 is 14.3 Å². The lowest BCUT2D eigenvalue weighted by Crippen LogP contribution is -2.44. The molecule has 29 heavy (non-hydrogen) atoms. The average Bonchev–Trinajstić information content (AvgIpc) is 2.72. The number of amides is 2. The fourth-order valence-electron chi connectivity index (χ4n) is 3.69. The summed E-state index contributed by atoms with van der Waals surface area (Å²) in [4.78, 5) is 26.9. The molecule has 154 valence electrons. The zero-order valence-corrected chi connectivity index (χ0v) is 17.4. The van der Waals surface area contributed by atoms with Crippen molar-refractivity contribution in [2.75, 3.05) is 13.1 Å². The van der Waals surface area contributed by atoms with E-state index in [1.807, 2.05) is 69.3 Å². The normalized spacial score (nSPS) is 16.2. The van der Waals surface area contributed by atoms with Crippen molar-refractivity contribution >= 4 is 12.0 Å². The summed E-state index contributed by atoms with van der Waals surface area (Å²) in [6, 6.07) is 19.3. The highest BCUT2D eigenvalue weighted by Gasteiger charge is 2.32. The Hall–Kier alpha value is -2.82. The molecule has 1 saturated heterocycles. The van der Waals surface area contributed by atoms with Crippen molar-refractivity contribution in [2.24, 2.45) is 5.92 Å². The molecule has 0 spiro atoms. The molecule has 0 saturated carbocycles. The van der Waals surface area contributed by atoms with E-state index in [1.54, 1.807) is 4.90 Å². The summed E-state index contributed by atoms with van der Waals surface area (Å²) >= 11 is 0. The van der Waals surface area contributed by atoms with Crippen molar-refractivity contribution in [2.45, 2.75) is 45.3 Å². The van der Waals surface area contributed by atoms with Crippen molar-refractivity contribution in [1.82, 2.24) is 10.2 Å². The van der Waals surface area contributed by atoms with Crippen LogP contribution in [0.15, 0.2) is 60.7 Å². The Morgan fingerprint density at radius 2 is 1.52 bits per heavy atom. The Morgan fingerprint density at radius 3 is 2.07 bits per heavy atom. The van der Waals surface area contributed by atoms with Crippen molar-refractivity contribution in [3.63, 3.8) is 0 Å². The molecule has 0 radical (unpaired) electrons. The van der Waals surface area contributed by atoms with Crippen LogP contribution in [0.3, 0.4) is 0 Å². The maximum absolute atomic E-state index is 12.8. The highest BCUT2D eigenvalue weighted by atomic mass is 16.6. The minimum atomic E-state index is -0.496. The largest absolute Gasteiger partial charge is 0.444 e. The van der Waals surface area contributed by atoms with Gasteiger partial charge in [-0.05, 0) is 57.2 Å². The first-order chi connectivity index (χ1) is 13.8. The van der Waals surface area contributed by atoms with Crippen molar-refractivity contribution in [3.8, 4) is 0 Å². The summed E-state index contributed by atoms with van der Waals surface area (Å²) in [5.41, 5.74) is 1.25. The molecule has 1 aliphatic rings. The Labute approximate surface area is 173 Å². The van der Waals surface area contributed by atoms with Gasteiger partial charge in [0.05, 0.1) is 6.04 Å². The number of rotatable bonds is 4. The van der Waals surface area contributed by atoms with Gasteiger partial charge < -0.3 is 15.0 Å². The second-order valence-electron chi connectivity index (χ2n) is 8.53. The third-order valence-electron chi connectivity index (χ3n) is 5.14. The summed E-state index contributed by atoms with van der Waals surface area (Å²) in [6.45, 7) is 6.89. The fraction of sp³-hybridized carbons (Fsp3) is 0.417. The van der Waals surface area contributed by atoms with Gasteiger partial charge in [-0.1, -0.05) is 48.5 Å². The van der Waals surface area contributed by atoms with Gasteiger partial charge in [0.25, 0.3) is 5.91 Å². The quantitative estimate of drug-likeness (QED) is 0.810. The van der Waals surface area contributed by atoms with E-state index >= 15 is 0 Å². The molecule has 3 rings (SSSR count). The number of benzene rings is 2. The van der Waals surface area contributed by atoms with Crippen molar-refractivity contribution in [3.05, 3.63) is 71.8 Å². The van der Waals surface area contributed by atoms with E-state index < -0.39 is 5.60 Å². The number of piperidine rings is 1. The summed E-state index contributed by atoms with van der Waals surface area (Å²) in [6.07, 6.45) is 1.36. The van der Waals surface area contributed by atoms with Gasteiger partial charge in [0.2, 0.25) is 0 Å². The third-order valence-corrected chi connectivity index (χ3v) is 5.14. The maximum atomic E-state index is 12.8. The molecule has 1 atom stereocenters. The topological polar surface area (TPSA) is 58.6 Å². The SMILES string of the molecule is CC(C)(C)OC(=O)N1CCC(C(NC(=O)c2ccccc2)c2ccccc2)CC1. The Balaban J connectivity index is 1.70. The first-order valence-electron chi connectivity index (χ1n) is 10.2. The molecule has 0 aromatic heterocycles. The molecule has 2 amide bonds. The molecular weight excluding hydrogens is 364 g/mol. The highest BCUT2D eigenvalue weighted by molar-refractivity contribution is 5.94. The van der Waals surface area contributed by atoms with Gasteiger partial charge in [-0.2, -0.15) is 0 Å². The van der Waals surface area contributed by atoms with Crippen LogP contribution in [0.1, 0.15) is 55.6 Å². The van der Waals surface area contributed by atoms with E-state index in [0.717, 1.165) is 18.4 Å². The van der Waals surface area contributed by atoms with Crippen LogP contribution < -0.4 is 5.32 Å². The molecule has 0 bridgehead atoms. The van der Waals surface area contributed by atoms with Crippen LogP contribution >= 0.6 is 0 Å². The number of likely N-dealkylation sites (tertiary alicyclic amines) is 1. The Kier molecular flexibility index (Phi) is 6.57. The van der Waals surface area contributed by atoms with E-state index in [2.05, 4.69) is 17.4 Å². The van der Waals surface area contributed by atoms with Gasteiger partial charge in [-0.15, -0.1) is 0 Å². The monoisotopic (exact) mass is 394 g/mol. The summed E-state index contributed by atoms with van der Waals surface area (Å²) in [5.74, 6) is 0.178. The molecule has 2 aromatic carbocycles. The second-order valence-corrected chi connectivity index (χ2v) is 8.53. The molecule has 1 unspecified atom stereocenters. The molecule has 2 aromatic rings. The molecular formula is C24H30N2O3. The zero-order valence-electron chi connectivity index (χ0n) is 17.4. The number of nitrogens with one attached hydrogen (secondary N) is 1. The standard InChI is InChI=1S/C24H30N2O3/c1-24(2,3)29-23(28)26-16-14-19(15-17-26)21(18-10-6-4-7-11-18)25-22(27)20-12-8-5-9-13-20/h4-13,19,21H,14-17H2,1-3H3,(H,25,27). The number of nitrogens with zero attached hydrogens (tertiary/aromatic N) is 1. The molecule has 1 N–H and O–H groups in total. The first kappa shape index (κ1) is 20.9. The van der Waals surface area contributed by atoms with Gasteiger partial charge in [-0.3, -0.25) is 4.79 Å². The molecule has 0 aliphatic carbocycles. The minimum Gasteiger partial charge on any atom is -0.444 e. The number of hydrogen-bond donors (Lipinski definition) is 1. The van der Waals surface area contributed by atoms with E-state index in [0.29, 0.717) is 18.7 Å². The van der Waals surface area contributed by atoms with Gasteiger partial charge in [0.1, 0.15) is 5.60 Å². The number of carbonyl (C=O) groups excluding carboxylic acids is 2. The molecule has 1 fully saturated rings. The predicted molar refractivity (Wildman–Crippen MR) is 114 cm³/mol. The van der Waals surface area contributed by atoms with Crippen LogP contribution in [0, 0.1) is 5.92 Å². The molecule has 1 heterocycles. The van der Waals surface area contributed by atoms with E-state index in [-0.39, 0.29) is 24.0 Å². The minimum absolute atomic E-state index is 0.0750. The van der Waals surface area contributed by atoms with Crippen LogP contribution in [0.2, 0.25) is 0 Å². The van der Waals surface area contributed by atoms with Crippen LogP contribution in [0.4, 0.5) is 4.79 Å². The molecule has 5 nitrogen and oxygen atoms in total. The predicted octanol–water partition coefficient (Wildman–Crippen LogP) is 4.80. The number of hydrogen-bond acceptors (Lipinski definition) is 3. The summed E-state index contributed by atoms with van der Waals surface area (Å²) in [5, 5.41) is 3.23. The van der Waals surface area contributed by atoms with Gasteiger partial charge in [-0.25, -0.2) is 4.79 Å². The number of carbonyl (C=O) groups is 2. The second kappa shape index (κ2) is 9.12. The summed E-state index contributed by atoms with van der Waals surface area (Å²) < 4.78 is 5.50. The molecule has 5 heteroatoms. The zero-order chi connectivity index (χ0) is 20.9. The van der Waals surface area contributed by atoms with Gasteiger partial charge in [0, 0.05) is 18.7 Å². The lowest BCUT2D eigenvalue weighted by Gasteiger charge is -2.37. The Morgan fingerprint density at radius 1 is 0.966 bits per heavy atom. The lowest BCUT2D eigenvalue weighted by molar-refractivity contribution is 0.0167. The first-order valence-corrected chi connectivity index (χ1v) is 10.2. The van der Waals surface area contributed by atoms with E-state index in [1.165, 1.54) is 0 Å². The number of ether oxygens (including phenoxy) is 1. The van der Waals surface area contributed by atoms with Crippen molar-refractivity contribution in [1.29, 1.82) is 0 Å². The Bertz CT molecular complexity index is 807. The van der Waals surface area contributed by atoms with Gasteiger partial charge >= 0.3 is 6.09 Å². The van der Waals surface area contributed by atoms with E-state index in [9.17, 15) is 9.59 Å². The fourth-order valence-corrected chi connectivity index (χ4v) is 3.69. The van der Waals surface area contributed by atoms with Crippen LogP contribution in [0.5, 0.6) is 0 Å². The third kappa shape index (κ3) is 5.83. The maximum Gasteiger partial charge on any atom is 0.410 e. The summed E-state index contributed by atoms with van der Waals surface area (Å²) in [7, 11) is 0. The van der Waals surface area contributed by atoms with Crippen LogP contribution in [-0.4, -0.2) is 35.6 Å². The smallest absolute Gasteiger partial charge is 0.410 e.